The number of benzene rings is 1. The van der Waals surface area contributed by atoms with Crippen molar-refractivity contribution in [3.05, 3.63) is 23.3 Å². The van der Waals surface area contributed by atoms with Crippen LogP contribution in [-0.2, 0) is 10.8 Å². The average molecular weight is 335 g/mol. The molecule has 0 heterocycles. The monoisotopic (exact) mass is 334 g/mol. The summed E-state index contributed by atoms with van der Waals surface area (Å²) in [7, 11) is 0. The molecule has 0 saturated carbocycles. The molecule has 0 aromatic heterocycles. The van der Waals surface area contributed by atoms with Gasteiger partial charge >= 0.3 is 0 Å². The van der Waals surface area contributed by atoms with E-state index in [4.69, 9.17) is 0 Å². The first-order chi connectivity index (χ1) is 11.2. The second kappa shape index (κ2) is 8.78. The predicted molar refractivity (Wildman–Crippen MR) is 104 cm³/mol. The number of phenolic OH excluding ortho intramolecular Hbond substituents is 2. The van der Waals surface area contributed by atoms with Gasteiger partial charge in [0.1, 0.15) is 11.5 Å². The first-order valence-electron chi connectivity index (χ1n) is 9.73. The van der Waals surface area contributed by atoms with Gasteiger partial charge in [0.15, 0.2) is 0 Å². The first kappa shape index (κ1) is 20.9. The predicted octanol–water partition coefficient (Wildman–Crippen LogP) is 6.81. The number of aromatic hydroxyl groups is 2. The summed E-state index contributed by atoms with van der Waals surface area (Å²) in [5.74, 6) is 0.653. The van der Waals surface area contributed by atoms with E-state index in [1.165, 1.54) is 25.7 Å². The molecule has 138 valence electrons. The lowest BCUT2D eigenvalue weighted by Crippen LogP contribution is -2.27. The maximum Gasteiger partial charge on any atom is 0.119 e. The van der Waals surface area contributed by atoms with Crippen LogP contribution in [0, 0.1) is 0 Å². The first-order valence-corrected chi connectivity index (χ1v) is 9.73. The Morgan fingerprint density at radius 2 is 1.00 bits per heavy atom. The highest BCUT2D eigenvalue weighted by atomic mass is 16.3. The molecule has 0 spiro atoms. The fourth-order valence-electron chi connectivity index (χ4n) is 3.83. The van der Waals surface area contributed by atoms with E-state index < -0.39 is 0 Å². The third kappa shape index (κ3) is 5.16. The molecule has 0 aliphatic heterocycles. The Hall–Kier alpha value is -1.18. The van der Waals surface area contributed by atoms with Gasteiger partial charge in [-0.05, 0) is 35.8 Å². The molecule has 0 aliphatic carbocycles. The van der Waals surface area contributed by atoms with Crippen LogP contribution in [0.25, 0.3) is 0 Å². The third-order valence-corrected chi connectivity index (χ3v) is 5.33. The minimum atomic E-state index is -0.143. The summed E-state index contributed by atoms with van der Waals surface area (Å²) in [6.45, 7) is 13.2. The quantitative estimate of drug-likeness (QED) is 0.364. The molecule has 0 amide bonds. The van der Waals surface area contributed by atoms with Gasteiger partial charge in [-0.15, -0.1) is 0 Å². The van der Waals surface area contributed by atoms with Crippen molar-refractivity contribution in [3.63, 3.8) is 0 Å². The Balaban J connectivity index is 3.27. The van der Waals surface area contributed by atoms with Crippen molar-refractivity contribution >= 4 is 0 Å². The molecular weight excluding hydrogens is 296 g/mol. The molecule has 0 aliphatic rings. The van der Waals surface area contributed by atoms with E-state index in [-0.39, 0.29) is 10.8 Å². The summed E-state index contributed by atoms with van der Waals surface area (Å²) in [4.78, 5) is 0. The fourth-order valence-corrected chi connectivity index (χ4v) is 3.83. The minimum Gasteiger partial charge on any atom is -0.508 e. The standard InChI is InChI=1S/C22H38O2/c1-7-9-11-15-21(3,4)19-17(23)13-14-18(24)20(19)22(5,6)16-12-10-8-2/h13-14,23-24H,7-12,15-16H2,1-6H3. The number of hydrogen-bond acceptors (Lipinski definition) is 2. The van der Waals surface area contributed by atoms with E-state index in [1.54, 1.807) is 12.1 Å². The van der Waals surface area contributed by atoms with E-state index in [0.29, 0.717) is 11.5 Å². The lowest BCUT2D eigenvalue weighted by Gasteiger charge is -2.36. The molecule has 1 aromatic carbocycles. The maximum absolute atomic E-state index is 10.6. The topological polar surface area (TPSA) is 40.5 Å². The van der Waals surface area contributed by atoms with E-state index in [2.05, 4.69) is 41.5 Å². The molecule has 1 rings (SSSR count). The lowest BCUT2D eigenvalue weighted by atomic mass is 9.69. The van der Waals surface area contributed by atoms with Crippen molar-refractivity contribution in [1.29, 1.82) is 0 Å². The number of phenols is 2. The average Bonchev–Trinajstić information content (AvgIpc) is 2.49. The van der Waals surface area contributed by atoms with Gasteiger partial charge in [0.2, 0.25) is 0 Å². The van der Waals surface area contributed by atoms with Crippen LogP contribution < -0.4 is 0 Å². The third-order valence-electron chi connectivity index (χ3n) is 5.33. The highest BCUT2D eigenvalue weighted by Crippen LogP contribution is 2.47. The van der Waals surface area contributed by atoms with Crippen LogP contribution in [0.4, 0.5) is 0 Å². The van der Waals surface area contributed by atoms with Gasteiger partial charge in [0.25, 0.3) is 0 Å². The summed E-state index contributed by atoms with van der Waals surface area (Å²) >= 11 is 0. The van der Waals surface area contributed by atoms with Crippen molar-refractivity contribution in [1.82, 2.24) is 0 Å². The minimum absolute atomic E-state index is 0.143. The molecular formula is C22H38O2. The SMILES string of the molecule is CCCCCC(C)(C)c1c(O)ccc(O)c1C(C)(C)CCCCC. The van der Waals surface area contributed by atoms with Gasteiger partial charge in [-0.25, -0.2) is 0 Å². The molecule has 0 atom stereocenters. The zero-order valence-corrected chi connectivity index (χ0v) is 16.7. The van der Waals surface area contributed by atoms with Crippen LogP contribution in [0.1, 0.15) is 104 Å². The number of rotatable bonds is 10. The molecule has 2 nitrogen and oxygen atoms in total. The molecule has 0 radical (unpaired) electrons. The maximum atomic E-state index is 10.6. The van der Waals surface area contributed by atoms with Crippen LogP contribution >= 0.6 is 0 Å². The summed E-state index contributed by atoms with van der Waals surface area (Å²) in [5.41, 5.74) is 1.60. The van der Waals surface area contributed by atoms with Gasteiger partial charge in [0.05, 0.1) is 0 Å². The molecule has 2 N–H and O–H groups in total. The fraction of sp³-hybridized carbons (Fsp3) is 0.727. The van der Waals surface area contributed by atoms with Gasteiger partial charge < -0.3 is 10.2 Å². The van der Waals surface area contributed by atoms with Crippen molar-refractivity contribution in [2.24, 2.45) is 0 Å². The van der Waals surface area contributed by atoms with Crippen LogP contribution in [0.15, 0.2) is 12.1 Å². The zero-order valence-electron chi connectivity index (χ0n) is 16.7. The molecule has 0 saturated heterocycles. The molecule has 1 aromatic rings. The zero-order chi connectivity index (χ0) is 18.4. The molecule has 0 unspecified atom stereocenters. The van der Waals surface area contributed by atoms with Gasteiger partial charge in [-0.3, -0.25) is 0 Å². The van der Waals surface area contributed by atoms with Crippen molar-refractivity contribution < 1.29 is 10.2 Å². The smallest absolute Gasteiger partial charge is 0.119 e. The van der Waals surface area contributed by atoms with Gasteiger partial charge in [-0.1, -0.05) is 80.1 Å². The summed E-state index contributed by atoms with van der Waals surface area (Å²) in [6.07, 6.45) is 9.14. The van der Waals surface area contributed by atoms with Gasteiger partial charge in [0, 0.05) is 11.1 Å². The lowest BCUT2D eigenvalue weighted by molar-refractivity contribution is 0.364. The Labute approximate surface area is 149 Å². The van der Waals surface area contributed by atoms with Crippen LogP contribution in [0.3, 0.4) is 0 Å². The number of unbranched alkanes of at least 4 members (excludes halogenated alkanes) is 4. The summed E-state index contributed by atoms with van der Waals surface area (Å²) in [5, 5.41) is 21.3. The Bertz CT molecular complexity index is 468. The van der Waals surface area contributed by atoms with Gasteiger partial charge in [-0.2, -0.15) is 0 Å². The Morgan fingerprint density at radius 1 is 0.667 bits per heavy atom. The molecule has 24 heavy (non-hydrogen) atoms. The van der Waals surface area contributed by atoms with E-state index in [0.717, 1.165) is 36.8 Å². The van der Waals surface area contributed by atoms with Crippen LogP contribution in [-0.4, -0.2) is 10.2 Å². The highest BCUT2D eigenvalue weighted by Gasteiger charge is 2.35. The second-order valence-electron chi connectivity index (χ2n) is 8.54. The second-order valence-corrected chi connectivity index (χ2v) is 8.54. The van der Waals surface area contributed by atoms with Crippen molar-refractivity contribution in [3.8, 4) is 11.5 Å². The van der Waals surface area contributed by atoms with Crippen molar-refractivity contribution in [2.45, 2.75) is 104 Å². The largest absolute Gasteiger partial charge is 0.508 e. The van der Waals surface area contributed by atoms with E-state index in [1.807, 2.05) is 0 Å². The van der Waals surface area contributed by atoms with Crippen molar-refractivity contribution in [2.75, 3.05) is 0 Å². The van der Waals surface area contributed by atoms with E-state index >= 15 is 0 Å². The summed E-state index contributed by atoms with van der Waals surface area (Å²) < 4.78 is 0. The molecule has 2 heteroatoms. The molecule has 0 bridgehead atoms. The summed E-state index contributed by atoms with van der Waals surface area (Å²) in [6, 6.07) is 3.30. The van der Waals surface area contributed by atoms with Crippen LogP contribution in [0.5, 0.6) is 11.5 Å². The van der Waals surface area contributed by atoms with E-state index in [9.17, 15) is 10.2 Å². The highest BCUT2D eigenvalue weighted by molar-refractivity contribution is 5.54. The van der Waals surface area contributed by atoms with Crippen LogP contribution in [0.2, 0.25) is 0 Å². The Morgan fingerprint density at radius 3 is 1.29 bits per heavy atom. The number of hydrogen-bond donors (Lipinski definition) is 2. The molecule has 0 fully saturated rings. The Kier molecular flexibility index (Phi) is 7.63. The normalized spacial score (nSPS) is 12.6.